The van der Waals surface area contributed by atoms with Gasteiger partial charge in [-0.25, -0.2) is 10.8 Å². The van der Waals surface area contributed by atoms with Crippen LogP contribution in [-0.2, 0) is 6.42 Å². The van der Waals surface area contributed by atoms with Gasteiger partial charge in [0.05, 0.1) is 5.56 Å². The summed E-state index contributed by atoms with van der Waals surface area (Å²) in [5.41, 5.74) is 6.80. The lowest BCUT2D eigenvalue weighted by molar-refractivity contribution is 0.448. The zero-order valence-corrected chi connectivity index (χ0v) is 13.2. The van der Waals surface area contributed by atoms with Crippen molar-refractivity contribution >= 4 is 5.82 Å². The molecule has 0 bridgehead atoms. The predicted octanol–water partition coefficient (Wildman–Crippen LogP) is 3.35. The Bertz CT molecular complexity index is 668. The molecule has 0 fully saturated rings. The summed E-state index contributed by atoms with van der Waals surface area (Å²) in [4.78, 5) is 8.82. The van der Waals surface area contributed by atoms with Crippen LogP contribution in [0, 0.1) is 27.7 Å². The Kier molecular flexibility index (Phi) is 4.43. The van der Waals surface area contributed by atoms with E-state index < -0.39 is 0 Å². The largest absolute Gasteiger partial charge is 0.438 e. The van der Waals surface area contributed by atoms with E-state index in [0.717, 1.165) is 28.9 Å². The number of nitrogens with one attached hydrogen (secondary N) is 1. The summed E-state index contributed by atoms with van der Waals surface area (Å²) in [6, 6.07) is 4.14. The molecule has 0 amide bonds. The lowest BCUT2D eigenvalue weighted by Gasteiger charge is -2.16. The van der Waals surface area contributed by atoms with Gasteiger partial charge in [-0.1, -0.05) is 19.1 Å². The second kappa shape index (κ2) is 6.10. The van der Waals surface area contributed by atoms with E-state index in [9.17, 15) is 0 Å². The molecule has 112 valence electrons. The molecule has 1 heterocycles. The van der Waals surface area contributed by atoms with E-state index in [1.165, 1.54) is 5.56 Å². The van der Waals surface area contributed by atoms with Gasteiger partial charge in [0.15, 0.2) is 0 Å². The monoisotopic (exact) mass is 286 g/mol. The van der Waals surface area contributed by atoms with Crippen LogP contribution in [0.15, 0.2) is 12.1 Å². The highest BCUT2D eigenvalue weighted by Crippen LogP contribution is 2.32. The van der Waals surface area contributed by atoms with Gasteiger partial charge in [-0.2, -0.15) is 4.98 Å². The molecule has 2 rings (SSSR count). The molecule has 3 N–H and O–H groups in total. The Labute approximate surface area is 125 Å². The minimum atomic E-state index is 0.548. The van der Waals surface area contributed by atoms with E-state index in [1.807, 2.05) is 20.8 Å². The highest BCUT2D eigenvalue weighted by atomic mass is 16.5. The summed E-state index contributed by atoms with van der Waals surface area (Å²) < 4.78 is 6.09. The van der Waals surface area contributed by atoms with Gasteiger partial charge >= 0.3 is 0 Å². The molecular formula is C16H22N4O. The number of anilines is 1. The minimum absolute atomic E-state index is 0.548. The summed E-state index contributed by atoms with van der Waals surface area (Å²) in [7, 11) is 0. The van der Waals surface area contributed by atoms with Crippen molar-refractivity contribution in [2.24, 2.45) is 5.84 Å². The molecule has 0 spiro atoms. The SMILES string of the molecule is CCc1nc(NN)c(C)c(Oc2c(C)ccc(C)c2C)n1. The summed E-state index contributed by atoms with van der Waals surface area (Å²) in [5.74, 6) is 8.22. The number of hydrogen-bond acceptors (Lipinski definition) is 5. The van der Waals surface area contributed by atoms with Gasteiger partial charge < -0.3 is 10.2 Å². The summed E-state index contributed by atoms with van der Waals surface area (Å²) in [5, 5.41) is 0. The Balaban J connectivity index is 2.51. The molecule has 5 heteroatoms. The lowest BCUT2D eigenvalue weighted by Crippen LogP contribution is -2.13. The topological polar surface area (TPSA) is 73.1 Å². The number of rotatable bonds is 4. The van der Waals surface area contributed by atoms with E-state index in [4.69, 9.17) is 10.6 Å². The zero-order valence-electron chi connectivity index (χ0n) is 13.2. The number of benzene rings is 1. The molecule has 21 heavy (non-hydrogen) atoms. The second-order valence-electron chi connectivity index (χ2n) is 5.17. The molecule has 0 unspecified atom stereocenters. The number of nitrogen functional groups attached to an aromatic ring is 1. The number of ether oxygens (including phenoxy) is 1. The maximum Gasteiger partial charge on any atom is 0.227 e. The van der Waals surface area contributed by atoms with Gasteiger partial charge in [0.2, 0.25) is 5.88 Å². The first-order valence-electron chi connectivity index (χ1n) is 7.06. The minimum Gasteiger partial charge on any atom is -0.438 e. The summed E-state index contributed by atoms with van der Waals surface area (Å²) in [6.45, 7) is 10.0. The van der Waals surface area contributed by atoms with Crippen LogP contribution in [0.4, 0.5) is 5.82 Å². The van der Waals surface area contributed by atoms with Crippen molar-refractivity contribution in [3.63, 3.8) is 0 Å². The zero-order chi connectivity index (χ0) is 15.6. The van der Waals surface area contributed by atoms with Gasteiger partial charge in [0, 0.05) is 6.42 Å². The van der Waals surface area contributed by atoms with Gasteiger partial charge in [0.1, 0.15) is 17.4 Å². The molecule has 0 saturated heterocycles. The number of hydrogen-bond donors (Lipinski definition) is 2. The molecule has 2 aromatic rings. The van der Waals surface area contributed by atoms with Gasteiger partial charge in [0.25, 0.3) is 0 Å². The Morgan fingerprint density at radius 1 is 1.05 bits per heavy atom. The highest BCUT2D eigenvalue weighted by molar-refractivity contribution is 5.51. The van der Waals surface area contributed by atoms with Gasteiger partial charge in [-0.3, -0.25) is 0 Å². The maximum absolute atomic E-state index is 6.09. The summed E-state index contributed by atoms with van der Waals surface area (Å²) >= 11 is 0. The van der Waals surface area contributed by atoms with Crippen molar-refractivity contribution in [3.05, 3.63) is 40.2 Å². The third-order valence-electron chi connectivity index (χ3n) is 3.67. The maximum atomic E-state index is 6.09. The molecule has 0 aliphatic rings. The van der Waals surface area contributed by atoms with E-state index in [1.54, 1.807) is 0 Å². The van der Waals surface area contributed by atoms with Crippen molar-refractivity contribution in [2.45, 2.75) is 41.0 Å². The third-order valence-corrected chi connectivity index (χ3v) is 3.67. The Morgan fingerprint density at radius 2 is 1.71 bits per heavy atom. The lowest BCUT2D eigenvalue weighted by atomic mass is 10.1. The van der Waals surface area contributed by atoms with E-state index in [-0.39, 0.29) is 0 Å². The smallest absolute Gasteiger partial charge is 0.227 e. The van der Waals surface area contributed by atoms with Crippen LogP contribution in [-0.4, -0.2) is 9.97 Å². The van der Waals surface area contributed by atoms with E-state index >= 15 is 0 Å². The first kappa shape index (κ1) is 15.3. The molecule has 0 aliphatic carbocycles. The molecule has 0 aliphatic heterocycles. The van der Waals surface area contributed by atoms with Gasteiger partial charge in [-0.15, -0.1) is 0 Å². The molecule has 0 atom stereocenters. The molecule has 1 aromatic carbocycles. The third kappa shape index (κ3) is 2.97. The van der Waals surface area contributed by atoms with Crippen LogP contribution < -0.4 is 16.0 Å². The van der Waals surface area contributed by atoms with Gasteiger partial charge in [-0.05, 0) is 44.4 Å². The van der Waals surface area contributed by atoms with E-state index in [2.05, 4.69) is 41.4 Å². The number of nitrogens with zero attached hydrogens (tertiary/aromatic N) is 2. The first-order chi connectivity index (χ1) is 9.97. The average Bonchev–Trinajstić information content (AvgIpc) is 2.49. The Hall–Kier alpha value is -2.14. The molecule has 0 radical (unpaired) electrons. The van der Waals surface area contributed by atoms with E-state index in [0.29, 0.717) is 17.5 Å². The van der Waals surface area contributed by atoms with Crippen LogP contribution >= 0.6 is 0 Å². The van der Waals surface area contributed by atoms with Crippen molar-refractivity contribution in [2.75, 3.05) is 5.43 Å². The number of aryl methyl sites for hydroxylation is 3. The fourth-order valence-electron chi connectivity index (χ4n) is 2.12. The highest BCUT2D eigenvalue weighted by Gasteiger charge is 2.14. The number of nitrogens with two attached hydrogens (primary N) is 1. The quantitative estimate of drug-likeness (QED) is 0.666. The van der Waals surface area contributed by atoms with Crippen molar-refractivity contribution in [1.82, 2.24) is 9.97 Å². The normalized spacial score (nSPS) is 10.6. The van der Waals surface area contributed by atoms with Crippen LogP contribution in [0.1, 0.15) is 35.0 Å². The Morgan fingerprint density at radius 3 is 2.33 bits per heavy atom. The number of aromatic nitrogens is 2. The van der Waals surface area contributed by atoms with Crippen LogP contribution in [0.3, 0.4) is 0 Å². The predicted molar refractivity (Wildman–Crippen MR) is 84.7 cm³/mol. The fraction of sp³-hybridized carbons (Fsp3) is 0.375. The number of hydrazine groups is 1. The average molecular weight is 286 g/mol. The standard InChI is InChI=1S/C16H22N4O/c1-6-13-18-15(20-17)12(5)16(19-13)21-14-10(3)8-7-9(2)11(14)4/h7-8H,6,17H2,1-5H3,(H,18,19,20). The van der Waals surface area contributed by atoms with Crippen LogP contribution in [0.2, 0.25) is 0 Å². The molecule has 1 aromatic heterocycles. The molecule has 5 nitrogen and oxygen atoms in total. The van der Waals surface area contributed by atoms with Crippen molar-refractivity contribution < 1.29 is 4.74 Å². The van der Waals surface area contributed by atoms with Crippen LogP contribution in [0.5, 0.6) is 11.6 Å². The summed E-state index contributed by atoms with van der Waals surface area (Å²) in [6.07, 6.45) is 0.719. The second-order valence-corrected chi connectivity index (χ2v) is 5.17. The fourth-order valence-corrected chi connectivity index (χ4v) is 2.12. The molecular weight excluding hydrogens is 264 g/mol. The van der Waals surface area contributed by atoms with Crippen molar-refractivity contribution in [1.29, 1.82) is 0 Å². The van der Waals surface area contributed by atoms with Crippen molar-refractivity contribution in [3.8, 4) is 11.6 Å². The molecule has 0 saturated carbocycles. The first-order valence-corrected chi connectivity index (χ1v) is 7.06. The van der Waals surface area contributed by atoms with Crippen LogP contribution in [0.25, 0.3) is 0 Å².